The Morgan fingerprint density at radius 3 is 2.71 bits per heavy atom. The van der Waals surface area contributed by atoms with Crippen molar-refractivity contribution in [3.8, 4) is 17.2 Å². The molecule has 1 atom stereocenters. The summed E-state index contributed by atoms with van der Waals surface area (Å²) in [5, 5.41) is 2.07. The van der Waals surface area contributed by atoms with Gasteiger partial charge in [-0.1, -0.05) is 32.1 Å². The Morgan fingerprint density at radius 1 is 1.16 bits per heavy atom. The molecule has 0 bridgehead atoms. The number of ether oxygens (including phenoxy) is 3. The average molecular weight is 533 g/mol. The predicted octanol–water partition coefficient (Wildman–Crippen LogP) is 5.43. The highest BCUT2D eigenvalue weighted by Gasteiger charge is 2.33. The van der Waals surface area contributed by atoms with Crippen molar-refractivity contribution < 1.29 is 23.8 Å². The van der Waals surface area contributed by atoms with Crippen molar-refractivity contribution in [3.63, 3.8) is 0 Å². The van der Waals surface area contributed by atoms with E-state index in [1.54, 1.807) is 35.6 Å². The molecule has 0 saturated heterocycles. The summed E-state index contributed by atoms with van der Waals surface area (Å²) in [6.45, 7) is 9.35. The number of carbonyl (C=O) groups is 2. The normalized spacial score (nSPS) is 15.8. The topological polar surface area (TPSA) is 68.3 Å². The SMILES string of the molecule is C=CCN(CC(=O)N1CCc2sccc2[C@@H]1COc1ccc(C(C)C)cc1)C(=O)c1ccc2c(c1)OCO2. The summed E-state index contributed by atoms with van der Waals surface area (Å²) in [5.74, 6) is 1.97. The van der Waals surface area contributed by atoms with Crippen LogP contribution in [0.25, 0.3) is 0 Å². The second-order valence-electron chi connectivity index (χ2n) is 9.73. The van der Waals surface area contributed by atoms with Crippen LogP contribution in [0.5, 0.6) is 17.2 Å². The van der Waals surface area contributed by atoms with E-state index in [-0.39, 0.29) is 37.7 Å². The molecule has 198 valence electrons. The number of fused-ring (bicyclic) bond motifs is 2. The van der Waals surface area contributed by atoms with Crippen LogP contribution in [0, 0.1) is 0 Å². The monoisotopic (exact) mass is 532 g/mol. The first kappa shape index (κ1) is 25.9. The highest BCUT2D eigenvalue weighted by atomic mass is 32.1. The number of nitrogens with zero attached hydrogens (tertiary/aromatic N) is 2. The number of hydrogen-bond donors (Lipinski definition) is 0. The minimum absolute atomic E-state index is 0.0572. The first-order valence-electron chi connectivity index (χ1n) is 12.8. The quantitative estimate of drug-likeness (QED) is 0.344. The number of thiophene rings is 1. The van der Waals surface area contributed by atoms with Crippen molar-refractivity contribution in [1.82, 2.24) is 9.80 Å². The van der Waals surface area contributed by atoms with Crippen molar-refractivity contribution in [2.45, 2.75) is 32.2 Å². The Balaban J connectivity index is 1.32. The zero-order valence-corrected chi connectivity index (χ0v) is 22.5. The fourth-order valence-corrected chi connectivity index (χ4v) is 5.77. The molecule has 7 nitrogen and oxygen atoms in total. The third-order valence-corrected chi connectivity index (χ3v) is 7.95. The van der Waals surface area contributed by atoms with Crippen LogP contribution in [-0.2, 0) is 11.2 Å². The molecule has 3 heterocycles. The molecular formula is C30H32N2O5S. The van der Waals surface area contributed by atoms with Crippen molar-refractivity contribution in [1.29, 1.82) is 0 Å². The molecule has 2 aliphatic heterocycles. The third-order valence-electron chi connectivity index (χ3n) is 6.95. The van der Waals surface area contributed by atoms with E-state index in [9.17, 15) is 9.59 Å². The van der Waals surface area contributed by atoms with Crippen molar-refractivity contribution in [3.05, 3.63) is 88.1 Å². The fraction of sp³-hybridized carbons (Fsp3) is 0.333. The lowest BCUT2D eigenvalue weighted by molar-refractivity contribution is -0.135. The van der Waals surface area contributed by atoms with Gasteiger partial charge in [-0.15, -0.1) is 17.9 Å². The van der Waals surface area contributed by atoms with Crippen molar-refractivity contribution in [2.24, 2.45) is 0 Å². The van der Waals surface area contributed by atoms with Gasteiger partial charge in [-0.3, -0.25) is 9.59 Å². The van der Waals surface area contributed by atoms with E-state index in [0.29, 0.717) is 36.1 Å². The smallest absolute Gasteiger partial charge is 0.254 e. The van der Waals surface area contributed by atoms with Crippen LogP contribution in [-0.4, -0.2) is 54.6 Å². The van der Waals surface area contributed by atoms with Gasteiger partial charge in [-0.2, -0.15) is 0 Å². The largest absolute Gasteiger partial charge is 0.491 e. The maximum atomic E-state index is 13.7. The molecule has 2 amide bonds. The van der Waals surface area contributed by atoms with Gasteiger partial charge in [-0.05, 0) is 65.2 Å². The molecule has 0 saturated carbocycles. The van der Waals surface area contributed by atoms with Crippen molar-refractivity contribution in [2.75, 3.05) is 33.0 Å². The van der Waals surface area contributed by atoms with Crippen LogP contribution >= 0.6 is 11.3 Å². The summed E-state index contributed by atoms with van der Waals surface area (Å²) in [4.78, 5) is 31.7. The molecule has 0 fully saturated rings. The van der Waals surface area contributed by atoms with Crippen LogP contribution in [0.3, 0.4) is 0 Å². The number of amides is 2. The molecule has 0 aliphatic carbocycles. The van der Waals surface area contributed by atoms with E-state index in [1.165, 1.54) is 15.3 Å². The molecule has 3 aromatic rings. The molecule has 1 aromatic heterocycles. The van der Waals surface area contributed by atoms with Crippen LogP contribution in [0.1, 0.15) is 52.2 Å². The number of rotatable bonds is 9. The second kappa shape index (κ2) is 11.3. The molecule has 5 rings (SSSR count). The van der Waals surface area contributed by atoms with Gasteiger partial charge >= 0.3 is 0 Å². The van der Waals surface area contributed by atoms with Gasteiger partial charge < -0.3 is 24.0 Å². The standard InChI is InChI=1S/C30H32N2O5S/c1-4-13-31(30(34)22-7-10-26-27(16-22)37-19-36-26)17-29(33)32-14-11-28-24(12-15-38-28)25(32)18-35-23-8-5-21(6-9-23)20(2)3/h4-10,12,15-16,20,25H,1,11,13-14,17-19H2,2-3H3/t25-/m0/s1. The fourth-order valence-electron chi connectivity index (χ4n) is 4.84. The highest BCUT2D eigenvalue weighted by molar-refractivity contribution is 7.10. The molecule has 0 N–H and O–H groups in total. The van der Waals surface area contributed by atoms with Gasteiger partial charge in [0.1, 0.15) is 18.9 Å². The van der Waals surface area contributed by atoms with Gasteiger partial charge in [0.05, 0.1) is 6.04 Å². The first-order valence-corrected chi connectivity index (χ1v) is 13.7. The molecule has 38 heavy (non-hydrogen) atoms. The van der Waals surface area contributed by atoms with E-state index in [4.69, 9.17) is 14.2 Å². The zero-order valence-electron chi connectivity index (χ0n) is 21.7. The molecule has 2 aliphatic rings. The minimum Gasteiger partial charge on any atom is -0.491 e. The summed E-state index contributed by atoms with van der Waals surface area (Å²) in [7, 11) is 0. The third kappa shape index (κ3) is 5.41. The maximum absolute atomic E-state index is 13.7. The van der Waals surface area contributed by atoms with Crippen LogP contribution in [0.2, 0.25) is 0 Å². The molecule has 0 radical (unpaired) electrons. The predicted molar refractivity (Wildman–Crippen MR) is 147 cm³/mol. The summed E-state index contributed by atoms with van der Waals surface area (Å²) < 4.78 is 17.0. The van der Waals surface area contributed by atoms with Crippen LogP contribution < -0.4 is 14.2 Å². The summed E-state index contributed by atoms with van der Waals surface area (Å²) in [6.07, 6.45) is 2.42. The lowest BCUT2D eigenvalue weighted by Gasteiger charge is -2.37. The average Bonchev–Trinajstić information content (AvgIpc) is 3.60. The highest BCUT2D eigenvalue weighted by Crippen LogP contribution is 2.35. The summed E-state index contributed by atoms with van der Waals surface area (Å²) in [5.41, 5.74) is 2.81. The van der Waals surface area contributed by atoms with Gasteiger partial charge in [0.2, 0.25) is 12.7 Å². The number of hydrogen-bond acceptors (Lipinski definition) is 6. The lowest BCUT2D eigenvalue weighted by Crippen LogP contribution is -2.47. The van der Waals surface area contributed by atoms with Gasteiger partial charge in [0, 0.05) is 23.5 Å². The number of carbonyl (C=O) groups excluding carboxylic acids is 2. The molecule has 2 aromatic carbocycles. The van der Waals surface area contributed by atoms with Gasteiger partial charge in [-0.25, -0.2) is 0 Å². The van der Waals surface area contributed by atoms with E-state index < -0.39 is 0 Å². The van der Waals surface area contributed by atoms with Crippen LogP contribution in [0.4, 0.5) is 0 Å². The Kier molecular flexibility index (Phi) is 7.69. The van der Waals surface area contributed by atoms with E-state index in [1.807, 2.05) is 17.0 Å². The Bertz CT molecular complexity index is 1320. The molecule has 8 heteroatoms. The molecule has 0 unspecified atom stereocenters. The second-order valence-corrected chi connectivity index (χ2v) is 10.7. The van der Waals surface area contributed by atoms with E-state index in [2.05, 4.69) is 44.0 Å². The Hall–Kier alpha value is -3.78. The van der Waals surface area contributed by atoms with Crippen LogP contribution in [0.15, 0.2) is 66.6 Å². The van der Waals surface area contributed by atoms with Crippen molar-refractivity contribution >= 4 is 23.2 Å². The zero-order chi connectivity index (χ0) is 26.6. The van der Waals surface area contributed by atoms with Gasteiger partial charge in [0.15, 0.2) is 11.5 Å². The minimum atomic E-state index is -0.261. The number of benzene rings is 2. The molecule has 0 spiro atoms. The van der Waals surface area contributed by atoms with E-state index >= 15 is 0 Å². The lowest BCUT2D eigenvalue weighted by atomic mass is 10.00. The molecular weight excluding hydrogens is 500 g/mol. The maximum Gasteiger partial charge on any atom is 0.254 e. The first-order chi connectivity index (χ1) is 18.4. The Labute approximate surface area is 227 Å². The van der Waals surface area contributed by atoms with Gasteiger partial charge in [0.25, 0.3) is 5.91 Å². The summed E-state index contributed by atoms with van der Waals surface area (Å²) >= 11 is 1.71. The summed E-state index contributed by atoms with van der Waals surface area (Å²) in [6, 6.07) is 15.0. The Morgan fingerprint density at radius 2 is 1.95 bits per heavy atom. The van der Waals surface area contributed by atoms with E-state index in [0.717, 1.165) is 17.7 Å².